The maximum atomic E-state index is 2.84. The Labute approximate surface area is 226 Å². The van der Waals surface area contributed by atoms with E-state index in [0.29, 0.717) is 16.2 Å². The van der Waals surface area contributed by atoms with Crippen molar-refractivity contribution in [3.63, 3.8) is 0 Å². The molecule has 4 aliphatic carbocycles. The number of hydrogen-bond donors (Lipinski definition) is 0. The van der Waals surface area contributed by atoms with Crippen molar-refractivity contribution in [2.75, 3.05) is 0 Å². The Morgan fingerprint density at radius 2 is 0.889 bits per heavy atom. The lowest BCUT2D eigenvalue weighted by atomic mass is 9.62. The molecule has 0 heteroatoms. The van der Waals surface area contributed by atoms with Crippen LogP contribution in [0.2, 0.25) is 0 Å². The molecule has 0 spiro atoms. The summed E-state index contributed by atoms with van der Waals surface area (Å²) < 4.78 is 0. The second-order valence-electron chi connectivity index (χ2n) is 17.1. The second kappa shape index (κ2) is 10.9. The summed E-state index contributed by atoms with van der Waals surface area (Å²) in [6.45, 7) is 22.2. The summed E-state index contributed by atoms with van der Waals surface area (Å²) in [7, 11) is 0. The molecule has 0 nitrogen and oxygen atoms in total. The summed E-state index contributed by atoms with van der Waals surface area (Å²) in [4.78, 5) is 0. The highest BCUT2D eigenvalue weighted by Crippen LogP contribution is 2.50. The van der Waals surface area contributed by atoms with Crippen LogP contribution in [0.1, 0.15) is 146 Å². The van der Waals surface area contributed by atoms with E-state index >= 15 is 0 Å². The maximum absolute atomic E-state index is 2.84. The molecule has 0 amide bonds. The maximum Gasteiger partial charge on any atom is -0.0162 e. The van der Waals surface area contributed by atoms with Crippen molar-refractivity contribution in [3.05, 3.63) is 23.3 Å². The number of hydrogen-bond acceptors (Lipinski definition) is 0. The van der Waals surface area contributed by atoms with Crippen LogP contribution in [0.25, 0.3) is 0 Å². The molecule has 3 fully saturated rings. The van der Waals surface area contributed by atoms with Crippen molar-refractivity contribution in [1.29, 1.82) is 0 Å². The summed E-state index contributed by atoms with van der Waals surface area (Å²) in [5, 5.41) is 0. The monoisotopic (exact) mass is 494 g/mol. The lowest BCUT2D eigenvalue weighted by Gasteiger charge is -2.43. The van der Waals surface area contributed by atoms with Gasteiger partial charge in [0.2, 0.25) is 0 Å². The minimum Gasteiger partial charge on any atom is -0.0773 e. The van der Waals surface area contributed by atoms with Gasteiger partial charge in [0.15, 0.2) is 0 Å². The SMILES string of the molecule is CC(C)(C)C1CCC(C2=C[C@H](C3CCC(C(C)(C)C)CC3)CC(C3CCC(C(C)(C)C)CC3)=C2)CC1. The fraction of sp³-hybridized carbons (Fsp3) is 0.889. The van der Waals surface area contributed by atoms with Crippen molar-refractivity contribution in [2.45, 2.75) is 146 Å². The van der Waals surface area contributed by atoms with Crippen LogP contribution >= 0.6 is 0 Å². The summed E-state index contributed by atoms with van der Waals surface area (Å²) in [5.41, 5.74) is 5.11. The van der Waals surface area contributed by atoms with Gasteiger partial charge >= 0.3 is 0 Å². The van der Waals surface area contributed by atoms with E-state index < -0.39 is 0 Å². The van der Waals surface area contributed by atoms with Crippen LogP contribution in [-0.2, 0) is 0 Å². The van der Waals surface area contributed by atoms with E-state index in [2.05, 4.69) is 74.5 Å². The van der Waals surface area contributed by atoms with E-state index in [-0.39, 0.29) is 0 Å². The number of allylic oxidation sites excluding steroid dienone is 4. The third kappa shape index (κ3) is 6.91. The molecule has 0 unspecified atom stereocenters. The van der Waals surface area contributed by atoms with Gasteiger partial charge in [-0.2, -0.15) is 0 Å². The first-order chi connectivity index (χ1) is 16.7. The van der Waals surface area contributed by atoms with Crippen LogP contribution < -0.4 is 0 Å². The molecular weight excluding hydrogens is 432 g/mol. The molecule has 0 radical (unpaired) electrons. The first-order valence-electron chi connectivity index (χ1n) is 16.1. The topological polar surface area (TPSA) is 0 Å². The molecule has 0 bridgehead atoms. The lowest BCUT2D eigenvalue weighted by molar-refractivity contribution is 0.129. The number of rotatable bonds is 3. The smallest absolute Gasteiger partial charge is 0.0162 e. The van der Waals surface area contributed by atoms with E-state index in [1.165, 1.54) is 83.5 Å². The molecule has 0 aromatic rings. The Bertz CT molecular complexity index is 763. The van der Waals surface area contributed by atoms with Gasteiger partial charge < -0.3 is 0 Å². The normalized spacial score (nSPS) is 37.3. The van der Waals surface area contributed by atoms with Crippen molar-refractivity contribution >= 4 is 0 Å². The Morgan fingerprint density at radius 3 is 1.31 bits per heavy atom. The summed E-state index contributed by atoms with van der Waals surface area (Å²) in [6, 6.07) is 0. The lowest BCUT2D eigenvalue weighted by Crippen LogP contribution is -2.31. The minimum atomic E-state index is 0.479. The van der Waals surface area contributed by atoms with Crippen LogP contribution in [0.3, 0.4) is 0 Å². The van der Waals surface area contributed by atoms with Crippen LogP contribution in [0.15, 0.2) is 23.3 Å². The molecule has 4 aliphatic rings. The average molecular weight is 495 g/mol. The quantitative estimate of drug-likeness (QED) is 0.366. The molecule has 0 aromatic heterocycles. The van der Waals surface area contributed by atoms with Crippen molar-refractivity contribution in [2.24, 2.45) is 57.7 Å². The van der Waals surface area contributed by atoms with E-state index in [4.69, 9.17) is 0 Å². The van der Waals surface area contributed by atoms with Crippen LogP contribution in [-0.4, -0.2) is 0 Å². The van der Waals surface area contributed by atoms with Gasteiger partial charge in [-0.05, 0) is 147 Å². The van der Waals surface area contributed by atoms with Gasteiger partial charge in [-0.25, -0.2) is 0 Å². The highest BCUT2D eigenvalue weighted by atomic mass is 14.4. The van der Waals surface area contributed by atoms with Gasteiger partial charge in [-0.15, -0.1) is 0 Å². The summed E-state index contributed by atoms with van der Waals surface area (Å²) >= 11 is 0. The Morgan fingerprint density at radius 1 is 0.500 bits per heavy atom. The zero-order chi connectivity index (χ0) is 26.3. The van der Waals surface area contributed by atoms with Gasteiger partial charge in [-0.3, -0.25) is 0 Å². The molecule has 1 atom stereocenters. The summed E-state index contributed by atoms with van der Waals surface area (Å²) in [5.74, 6) is 6.21. The van der Waals surface area contributed by atoms with E-state index in [1.807, 2.05) is 5.57 Å². The molecular formula is C36H62. The Hall–Kier alpha value is -0.520. The molecule has 206 valence electrons. The van der Waals surface area contributed by atoms with Crippen molar-refractivity contribution in [3.8, 4) is 0 Å². The van der Waals surface area contributed by atoms with Gasteiger partial charge in [0.05, 0.1) is 0 Å². The Kier molecular flexibility index (Phi) is 8.64. The fourth-order valence-corrected chi connectivity index (χ4v) is 8.78. The van der Waals surface area contributed by atoms with Crippen LogP contribution in [0.5, 0.6) is 0 Å². The van der Waals surface area contributed by atoms with Crippen LogP contribution in [0, 0.1) is 57.7 Å². The van der Waals surface area contributed by atoms with E-state index in [9.17, 15) is 0 Å². The molecule has 0 N–H and O–H groups in total. The molecule has 0 saturated heterocycles. The van der Waals surface area contributed by atoms with Gasteiger partial charge in [0.25, 0.3) is 0 Å². The van der Waals surface area contributed by atoms with Gasteiger partial charge in [0.1, 0.15) is 0 Å². The fourth-order valence-electron chi connectivity index (χ4n) is 8.78. The highest BCUT2D eigenvalue weighted by Gasteiger charge is 2.38. The third-order valence-electron chi connectivity index (χ3n) is 11.7. The first kappa shape index (κ1) is 28.5. The molecule has 4 rings (SSSR count). The molecule has 3 saturated carbocycles. The average Bonchev–Trinajstić information content (AvgIpc) is 2.82. The van der Waals surface area contributed by atoms with Gasteiger partial charge in [0, 0.05) is 0 Å². The molecule has 36 heavy (non-hydrogen) atoms. The molecule has 0 heterocycles. The standard InChI is InChI=1S/C36H62/c1-34(2,3)31-16-10-25(11-17-31)28-22-29(26-12-18-32(19-13-26)35(4,5)6)24-30(23-28)27-14-20-33(21-15-27)36(7,8)9/h22-23,25-27,29,31-33H,10-21,24H2,1-9H3/t25?,26?,27?,29-,31?,32?,33?/m0/s1. The second-order valence-corrected chi connectivity index (χ2v) is 17.1. The first-order valence-corrected chi connectivity index (χ1v) is 16.1. The van der Waals surface area contributed by atoms with E-state index in [0.717, 1.165) is 41.4 Å². The highest BCUT2D eigenvalue weighted by molar-refractivity contribution is 5.33. The molecule has 0 aromatic carbocycles. The van der Waals surface area contributed by atoms with Gasteiger partial charge in [-0.1, -0.05) is 80.0 Å². The molecule has 0 aliphatic heterocycles. The third-order valence-corrected chi connectivity index (χ3v) is 11.7. The van der Waals surface area contributed by atoms with Crippen molar-refractivity contribution in [1.82, 2.24) is 0 Å². The minimum absolute atomic E-state index is 0.479. The summed E-state index contributed by atoms with van der Waals surface area (Å²) in [6.07, 6.45) is 24.4. The predicted molar refractivity (Wildman–Crippen MR) is 159 cm³/mol. The van der Waals surface area contributed by atoms with E-state index in [1.54, 1.807) is 5.57 Å². The van der Waals surface area contributed by atoms with Crippen molar-refractivity contribution < 1.29 is 0 Å². The van der Waals surface area contributed by atoms with Crippen LogP contribution in [0.4, 0.5) is 0 Å². The largest absolute Gasteiger partial charge is 0.0773 e. The Balaban J connectivity index is 1.48. The predicted octanol–water partition coefficient (Wildman–Crippen LogP) is 11.4. The zero-order valence-corrected chi connectivity index (χ0v) is 25.9. The zero-order valence-electron chi connectivity index (χ0n) is 25.9.